The zero-order valence-electron chi connectivity index (χ0n) is 18.1. The van der Waals surface area contributed by atoms with Crippen LogP contribution in [0.4, 0.5) is 0 Å². The predicted octanol–water partition coefficient (Wildman–Crippen LogP) is 5.02. The van der Waals surface area contributed by atoms with E-state index in [-0.39, 0.29) is 5.56 Å². The van der Waals surface area contributed by atoms with E-state index >= 15 is 0 Å². The van der Waals surface area contributed by atoms with Crippen LogP contribution in [0.25, 0.3) is 16.9 Å². The van der Waals surface area contributed by atoms with Crippen molar-refractivity contribution in [2.24, 2.45) is 0 Å². The normalized spacial score (nSPS) is 11.6. The molecular formula is C23H31N3O2. The summed E-state index contributed by atoms with van der Waals surface area (Å²) in [6, 6.07) is 6.21. The average molecular weight is 382 g/mol. The van der Waals surface area contributed by atoms with Crippen LogP contribution in [0.3, 0.4) is 0 Å². The number of methoxy groups -OCH3 is 1. The Bertz CT molecular complexity index is 1070. The molecule has 0 saturated carbocycles. The van der Waals surface area contributed by atoms with Gasteiger partial charge in [0, 0.05) is 17.8 Å². The molecule has 2 aromatic heterocycles. The molecule has 0 aliphatic heterocycles. The zero-order valence-corrected chi connectivity index (χ0v) is 18.1. The number of fused-ring (bicyclic) bond motifs is 1. The van der Waals surface area contributed by atoms with Crippen molar-refractivity contribution < 1.29 is 4.74 Å². The molecule has 0 amide bonds. The van der Waals surface area contributed by atoms with Crippen LogP contribution in [0, 0.1) is 20.8 Å². The Hall–Kier alpha value is -2.56. The topological polar surface area (TPSA) is 48.5 Å². The largest absolute Gasteiger partial charge is 0.496 e. The Morgan fingerprint density at radius 2 is 1.71 bits per heavy atom. The molecule has 2 heterocycles. The van der Waals surface area contributed by atoms with Gasteiger partial charge in [0.05, 0.1) is 7.11 Å². The monoisotopic (exact) mass is 381 g/mol. The highest BCUT2D eigenvalue weighted by atomic mass is 16.5. The number of rotatable bonds is 6. The lowest BCUT2D eigenvalue weighted by Gasteiger charge is -2.17. The number of ether oxygens (including phenoxy) is 1. The standard InChI is InChI=1S/C23H31N3O2/c1-8-17(9-2)19-13-16(6)26-21(19)23(27)25(10-3)22(24-26)18-11-15(5)20(28-7)12-14(18)4/h11-13,17H,8-10H2,1-7H3. The summed E-state index contributed by atoms with van der Waals surface area (Å²) >= 11 is 0. The highest BCUT2D eigenvalue weighted by Crippen LogP contribution is 2.31. The molecule has 0 spiro atoms. The van der Waals surface area contributed by atoms with E-state index in [9.17, 15) is 4.79 Å². The van der Waals surface area contributed by atoms with E-state index in [1.165, 1.54) is 0 Å². The van der Waals surface area contributed by atoms with E-state index in [0.717, 1.165) is 52.1 Å². The molecule has 1 aromatic carbocycles. The highest BCUT2D eigenvalue weighted by molar-refractivity contribution is 5.66. The Morgan fingerprint density at radius 1 is 1.04 bits per heavy atom. The van der Waals surface area contributed by atoms with E-state index in [1.54, 1.807) is 11.7 Å². The summed E-state index contributed by atoms with van der Waals surface area (Å²) in [5.74, 6) is 1.93. The summed E-state index contributed by atoms with van der Waals surface area (Å²) in [6.45, 7) is 13.0. The predicted molar refractivity (Wildman–Crippen MR) is 115 cm³/mol. The molecular weight excluding hydrogens is 350 g/mol. The van der Waals surface area contributed by atoms with Gasteiger partial charge in [-0.15, -0.1) is 5.10 Å². The molecule has 0 atom stereocenters. The van der Waals surface area contributed by atoms with E-state index in [0.29, 0.717) is 18.3 Å². The van der Waals surface area contributed by atoms with Gasteiger partial charge in [0.15, 0.2) is 5.82 Å². The minimum atomic E-state index is 0.0374. The maximum atomic E-state index is 13.5. The number of aryl methyl sites for hydroxylation is 3. The van der Waals surface area contributed by atoms with Gasteiger partial charge in [-0.2, -0.15) is 0 Å². The van der Waals surface area contributed by atoms with E-state index in [2.05, 4.69) is 26.0 Å². The number of aromatic nitrogens is 3. The first-order chi connectivity index (χ1) is 13.4. The van der Waals surface area contributed by atoms with Gasteiger partial charge >= 0.3 is 0 Å². The lowest BCUT2D eigenvalue weighted by Crippen LogP contribution is -2.26. The summed E-state index contributed by atoms with van der Waals surface area (Å²) in [5, 5.41) is 4.94. The molecule has 0 unspecified atom stereocenters. The number of hydrogen-bond acceptors (Lipinski definition) is 3. The van der Waals surface area contributed by atoms with Crippen LogP contribution >= 0.6 is 0 Å². The number of nitrogens with zero attached hydrogens (tertiary/aromatic N) is 3. The van der Waals surface area contributed by atoms with Crippen LogP contribution in [0.15, 0.2) is 23.0 Å². The first-order valence-corrected chi connectivity index (χ1v) is 10.2. The smallest absolute Gasteiger partial charge is 0.278 e. The Kier molecular flexibility index (Phi) is 5.64. The van der Waals surface area contributed by atoms with Gasteiger partial charge in [0.2, 0.25) is 0 Å². The Balaban J connectivity index is 2.37. The second-order valence-corrected chi connectivity index (χ2v) is 7.52. The highest BCUT2D eigenvalue weighted by Gasteiger charge is 2.22. The molecule has 0 aliphatic carbocycles. The molecule has 3 rings (SSSR count). The Morgan fingerprint density at radius 3 is 2.29 bits per heavy atom. The third-order valence-corrected chi connectivity index (χ3v) is 5.81. The van der Waals surface area contributed by atoms with E-state index in [1.807, 2.05) is 38.3 Å². The SMILES string of the molecule is CCC(CC)c1cc(C)n2nc(-c3cc(C)c(OC)cc3C)n(CC)c(=O)c12. The van der Waals surface area contributed by atoms with Gasteiger partial charge < -0.3 is 4.74 Å². The molecule has 28 heavy (non-hydrogen) atoms. The van der Waals surface area contributed by atoms with Crippen molar-refractivity contribution in [3.05, 3.63) is 50.9 Å². The summed E-state index contributed by atoms with van der Waals surface area (Å²) in [5.41, 5.74) is 5.92. The van der Waals surface area contributed by atoms with Crippen LogP contribution in [0.2, 0.25) is 0 Å². The van der Waals surface area contributed by atoms with Crippen molar-refractivity contribution >= 4 is 5.52 Å². The van der Waals surface area contributed by atoms with Crippen molar-refractivity contribution in [1.82, 2.24) is 14.2 Å². The molecule has 5 heteroatoms. The Labute approximate surface area is 167 Å². The third-order valence-electron chi connectivity index (χ3n) is 5.81. The van der Waals surface area contributed by atoms with Crippen LogP contribution in [-0.4, -0.2) is 21.3 Å². The van der Waals surface area contributed by atoms with Crippen molar-refractivity contribution in [3.8, 4) is 17.1 Å². The first-order valence-electron chi connectivity index (χ1n) is 10.2. The summed E-state index contributed by atoms with van der Waals surface area (Å²) < 4.78 is 9.09. The quantitative estimate of drug-likeness (QED) is 0.602. The molecule has 0 radical (unpaired) electrons. The number of hydrogen-bond donors (Lipinski definition) is 0. The van der Waals surface area contributed by atoms with Crippen molar-refractivity contribution in [2.75, 3.05) is 7.11 Å². The molecule has 3 aromatic rings. The lowest BCUT2D eigenvalue weighted by atomic mass is 9.95. The van der Waals surface area contributed by atoms with Crippen LogP contribution in [0.1, 0.15) is 61.9 Å². The molecule has 150 valence electrons. The van der Waals surface area contributed by atoms with Gasteiger partial charge in [-0.3, -0.25) is 9.36 Å². The van der Waals surface area contributed by atoms with Gasteiger partial charge in [-0.25, -0.2) is 4.52 Å². The average Bonchev–Trinajstić information content (AvgIpc) is 3.01. The third kappa shape index (κ3) is 3.13. The van der Waals surface area contributed by atoms with Crippen molar-refractivity contribution in [3.63, 3.8) is 0 Å². The second kappa shape index (κ2) is 7.82. The maximum absolute atomic E-state index is 13.5. The fourth-order valence-electron chi connectivity index (χ4n) is 4.15. The van der Waals surface area contributed by atoms with Gasteiger partial charge in [0.1, 0.15) is 11.3 Å². The van der Waals surface area contributed by atoms with Gasteiger partial charge in [-0.05, 0) is 81.3 Å². The maximum Gasteiger partial charge on any atom is 0.278 e. The molecule has 0 saturated heterocycles. The molecule has 0 N–H and O–H groups in total. The van der Waals surface area contributed by atoms with Crippen molar-refractivity contribution in [2.45, 2.75) is 66.8 Å². The summed E-state index contributed by atoms with van der Waals surface area (Å²) in [6.07, 6.45) is 2.03. The van der Waals surface area contributed by atoms with Crippen LogP contribution in [-0.2, 0) is 6.54 Å². The fraction of sp³-hybridized carbons (Fsp3) is 0.478. The minimum Gasteiger partial charge on any atom is -0.496 e. The second-order valence-electron chi connectivity index (χ2n) is 7.52. The van der Waals surface area contributed by atoms with Gasteiger partial charge in [-0.1, -0.05) is 13.8 Å². The van der Waals surface area contributed by atoms with Crippen LogP contribution in [0.5, 0.6) is 5.75 Å². The minimum absolute atomic E-state index is 0.0374. The molecule has 0 aliphatic rings. The molecule has 0 fully saturated rings. The first kappa shape index (κ1) is 20.2. The zero-order chi connectivity index (χ0) is 20.6. The molecule has 0 bridgehead atoms. The molecule has 5 nitrogen and oxygen atoms in total. The fourth-order valence-corrected chi connectivity index (χ4v) is 4.15. The van der Waals surface area contributed by atoms with Gasteiger partial charge in [0.25, 0.3) is 5.56 Å². The van der Waals surface area contributed by atoms with Crippen molar-refractivity contribution in [1.29, 1.82) is 0 Å². The number of benzene rings is 1. The van der Waals surface area contributed by atoms with E-state index < -0.39 is 0 Å². The van der Waals surface area contributed by atoms with E-state index in [4.69, 9.17) is 9.84 Å². The summed E-state index contributed by atoms with van der Waals surface area (Å²) in [4.78, 5) is 13.5. The lowest BCUT2D eigenvalue weighted by molar-refractivity contribution is 0.411. The summed E-state index contributed by atoms with van der Waals surface area (Å²) in [7, 11) is 1.68. The van der Waals surface area contributed by atoms with Crippen LogP contribution < -0.4 is 10.3 Å².